The van der Waals surface area contributed by atoms with Gasteiger partial charge in [-0.3, -0.25) is 4.79 Å². The number of hydrogen-bond donors (Lipinski definition) is 2. The van der Waals surface area contributed by atoms with Crippen molar-refractivity contribution in [2.75, 3.05) is 5.32 Å². The van der Waals surface area contributed by atoms with E-state index in [0.717, 1.165) is 17.8 Å². The number of phenols is 1. The van der Waals surface area contributed by atoms with Crippen molar-refractivity contribution in [2.24, 2.45) is 5.92 Å². The fourth-order valence-corrected chi connectivity index (χ4v) is 3.65. The molecule has 0 aliphatic heterocycles. The van der Waals surface area contributed by atoms with Gasteiger partial charge in [-0.1, -0.05) is 37.7 Å². The minimum absolute atomic E-state index is 0.0730. The third-order valence-electron chi connectivity index (χ3n) is 4.12. The molecule has 0 fully saturated rings. The number of anilines is 1. The lowest BCUT2D eigenvalue weighted by atomic mass is 10.1. The van der Waals surface area contributed by atoms with E-state index in [1.165, 1.54) is 35.0 Å². The Hall–Kier alpha value is -3.08. The molecule has 0 aliphatic rings. The highest BCUT2D eigenvalue weighted by molar-refractivity contribution is 8.00. The number of aromatic hydroxyl groups is 1. The Morgan fingerprint density at radius 1 is 1.13 bits per heavy atom. The van der Waals surface area contributed by atoms with Gasteiger partial charge >= 0.3 is 6.18 Å². The van der Waals surface area contributed by atoms with E-state index in [9.17, 15) is 23.1 Å². The lowest BCUT2D eigenvalue weighted by molar-refractivity contribution is -0.137. The summed E-state index contributed by atoms with van der Waals surface area (Å²) >= 11 is 1.04. The van der Waals surface area contributed by atoms with E-state index in [1.807, 2.05) is 0 Å². The predicted molar refractivity (Wildman–Crippen MR) is 105 cm³/mol. The average Bonchev–Trinajstić information content (AvgIpc) is 3.14. The number of phenolic OH excluding ortho intramolecular Hbond substituents is 1. The number of tetrazole rings is 1. The van der Waals surface area contributed by atoms with Crippen LogP contribution in [0.25, 0.3) is 5.69 Å². The van der Waals surface area contributed by atoms with Crippen molar-refractivity contribution in [1.29, 1.82) is 0 Å². The van der Waals surface area contributed by atoms with Crippen LogP contribution in [0, 0.1) is 5.92 Å². The molecule has 0 saturated heterocycles. The fourth-order valence-electron chi connectivity index (χ4n) is 2.66. The summed E-state index contributed by atoms with van der Waals surface area (Å²) in [6.45, 7) is 3.56. The molecule has 11 heteroatoms. The topological polar surface area (TPSA) is 92.9 Å². The Morgan fingerprint density at radius 3 is 2.43 bits per heavy atom. The van der Waals surface area contributed by atoms with E-state index in [0.29, 0.717) is 10.8 Å². The zero-order valence-electron chi connectivity index (χ0n) is 16.0. The van der Waals surface area contributed by atoms with Crippen LogP contribution in [0.1, 0.15) is 19.4 Å². The minimum atomic E-state index is -4.59. The number of halogens is 3. The van der Waals surface area contributed by atoms with Crippen molar-refractivity contribution in [3.8, 4) is 11.4 Å². The van der Waals surface area contributed by atoms with E-state index in [4.69, 9.17) is 0 Å². The molecule has 0 bridgehead atoms. The van der Waals surface area contributed by atoms with Crippen molar-refractivity contribution in [3.05, 3.63) is 54.1 Å². The smallest absolute Gasteiger partial charge is 0.418 e. The molecule has 0 saturated carbocycles. The largest absolute Gasteiger partial charge is 0.508 e. The van der Waals surface area contributed by atoms with Crippen LogP contribution in [0.5, 0.6) is 5.75 Å². The summed E-state index contributed by atoms with van der Waals surface area (Å²) in [4.78, 5) is 12.8. The summed E-state index contributed by atoms with van der Waals surface area (Å²) < 4.78 is 41.1. The van der Waals surface area contributed by atoms with Crippen molar-refractivity contribution >= 4 is 23.4 Å². The fraction of sp³-hybridized carbons (Fsp3) is 0.263. The summed E-state index contributed by atoms with van der Waals surface area (Å²) in [5.41, 5.74) is -0.662. The van der Waals surface area contributed by atoms with Gasteiger partial charge in [0, 0.05) is 0 Å². The molecule has 1 atom stereocenters. The Morgan fingerprint density at radius 2 is 1.80 bits per heavy atom. The van der Waals surface area contributed by atoms with Crippen molar-refractivity contribution in [2.45, 2.75) is 30.4 Å². The van der Waals surface area contributed by atoms with Crippen molar-refractivity contribution < 1.29 is 23.1 Å². The summed E-state index contributed by atoms with van der Waals surface area (Å²) in [6, 6.07) is 10.9. The first kappa shape index (κ1) is 21.6. The highest BCUT2D eigenvalue weighted by Crippen LogP contribution is 2.35. The second kappa shape index (κ2) is 8.74. The molecule has 3 rings (SSSR count). The van der Waals surface area contributed by atoms with E-state index in [2.05, 4.69) is 20.8 Å². The number of aromatic nitrogens is 4. The summed E-state index contributed by atoms with van der Waals surface area (Å²) in [6.07, 6.45) is -4.59. The highest BCUT2D eigenvalue weighted by atomic mass is 32.2. The maximum atomic E-state index is 13.2. The third-order valence-corrected chi connectivity index (χ3v) is 5.60. The number of nitrogens with one attached hydrogen (secondary N) is 1. The Bertz CT molecular complexity index is 1020. The maximum Gasteiger partial charge on any atom is 0.418 e. The maximum absolute atomic E-state index is 13.2. The molecule has 2 N–H and O–H groups in total. The Labute approximate surface area is 174 Å². The van der Waals surface area contributed by atoms with Gasteiger partial charge in [-0.2, -0.15) is 17.9 Å². The van der Waals surface area contributed by atoms with Gasteiger partial charge in [0.2, 0.25) is 11.1 Å². The summed E-state index contributed by atoms with van der Waals surface area (Å²) in [7, 11) is 0. The summed E-state index contributed by atoms with van der Waals surface area (Å²) in [5, 5.41) is 22.8. The molecular formula is C19H18F3N5O2S. The summed E-state index contributed by atoms with van der Waals surface area (Å²) in [5.74, 6) is -0.742. The van der Waals surface area contributed by atoms with Crippen LogP contribution in [0.3, 0.4) is 0 Å². The van der Waals surface area contributed by atoms with E-state index < -0.39 is 22.9 Å². The number of alkyl halides is 3. The van der Waals surface area contributed by atoms with Crippen LogP contribution in [0.15, 0.2) is 53.7 Å². The molecule has 2 aromatic carbocycles. The number of rotatable bonds is 6. The number of amides is 1. The second-order valence-corrected chi connectivity index (χ2v) is 7.81. The van der Waals surface area contributed by atoms with Gasteiger partial charge in [0.05, 0.1) is 22.2 Å². The molecule has 30 heavy (non-hydrogen) atoms. The van der Waals surface area contributed by atoms with Crippen LogP contribution in [-0.4, -0.2) is 36.5 Å². The molecule has 7 nitrogen and oxygen atoms in total. The number of hydrogen-bond acceptors (Lipinski definition) is 6. The molecule has 1 unspecified atom stereocenters. The molecule has 3 aromatic rings. The number of carbonyl (C=O) groups excluding carboxylic acids is 1. The predicted octanol–water partition coefficient (Wildman–Crippen LogP) is 4.14. The first-order valence-corrected chi connectivity index (χ1v) is 9.76. The molecular weight excluding hydrogens is 419 g/mol. The van der Waals surface area contributed by atoms with Crippen LogP contribution in [0.4, 0.5) is 18.9 Å². The quantitative estimate of drug-likeness (QED) is 0.563. The number of para-hydroxylation sites is 1. The first-order chi connectivity index (χ1) is 14.2. The number of thioether (sulfide) groups is 1. The average molecular weight is 437 g/mol. The van der Waals surface area contributed by atoms with Crippen LogP contribution < -0.4 is 5.32 Å². The van der Waals surface area contributed by atoms with Gasteiger partial charge in [-0.25, -0.2) is 0 Å². The minimum Gasteiger partial charge on any atom is -0.508 e. The molecule has 1 heterocycles. The normalized spacial score (nSPS) is 12.7. The monoisotopic (exact) mass is 437 g/mol. The van der Waals surface area contributed by atoms with Crippen LogP contribution >= 0.6 is 11.8 Å². The SMILES string of the molecule is CC(C)C(Sc1nnnn1-c1ccc(O)cc1)C(=O)Nc1ccccc1C(F)(F)F. The lowest BCUT2D eigenvalue weighted by Gasteiger charge is -2.20. The third kappa shape index (κ3) is 4.90. The molecule has 0 radical (unpaired) electrons. The molecule has 1 amide bonds. The van der Waals surface area contributed by atoms with Gasteiger partial charge < -0.3 is 10.4 Å². The van der Waals surface area contributed by atoms with Crippen molar-refractivity contribution in [3.63, 3.8) is 0 Å². The molecule has 1 aromatic heterocycles. The standard InChI is InChI=1S/C19H18F3N5O2S/c1-11(2)16(17(29)23-15-6-4-3-5-14(15)19(20,21)22)30-18-24-25-26-27(18)12-7-9-13(28)10-8-12/h3-11,16,28H,1-2H3,(H,23,29). The second-order valence-electron chi connectivity index (χ2n) is 6.70. The first-order valence-electron chi connectivity index (χ1n) is 8.88. The van der Waals surface area contributed by atoms with Gasteiger partial charge in [0.1, 0.15) is 5.75 Å². The molecule has 0 spiro atoms. The van der Waals surface area contributed by atoms with Crippen molar-refractivity contribution in [1.82, 2.24) is 20.2 Å². The van der Waals surface area contributed by atoms with E-state index in [-0.39, 0.29) is 17.4 Å². The number of nitrogens with zero attached hydrogens (tertiary/aromatic N) is 4. The number of carbonyl (C=O) groups is 1. The lowest BCUT2D eigenvalue weighted by Crippen LogP contribution is -2.30. The highest BCUT2D eigenvalue weighted by Gasteiger charge is 2.35. The Balaban J connectivity index is 1.84. The molecule has 0 aliphatic carbocycles. The van der Waals surface area contributed by atoms with Crippen LogP contribution in [0.2, 0.25) is 0 Å². The van der Waals surface area contributed by atoms with Gasteiger partial charge in [-0.05, 0) is 52.7 Å². The molecule has 158 valence electrons. The zero-order chi connectivity index (χ0) is 21.9. The van der Waals surface area contributed by atoms with E-state index >= 15 is 0 Å². The van der Waals surface area contributed by atoms with Gasteiger partial charge in [-0.15, -0.1) is 5.10 Å². The van der Waals surface area contributed by atoms with Gasteiger partial charge in [0.25, 0.3) is 0 Å². The zero-order valence-corrected chi connectivity index (χ0v) is 16.8. The Kier molecular flexibility index (Phi) is 6.30. The number of benzene rings is 2. The van der Waals surface area contributed by atoms with Gasteiger partial charge in [0.15, 0.2) is 0 Å². The van der Waals surface area contributed by atoms with E-state index in [1.54, 1.807) is 26.0 Å². The van der Waals surface area contributed by atoms with Crippen LogP contribution in [-0.2, 0) is 11.0 Å².